The lowest BCUT2D eigenvalue weighted by Crippen LogP contribution is -2.59. The van der Waals surface area contributed by atoms with Crippen LogP contribution in [0, 0.1) is 17.8 Å². The van der Waals surface area contributed by atoms with E-state index >= 15 is 0 Å². The van der Waals surface area contributed by atoms with Gasteiger partial charge in [0.05, 0.1) is 22.2 Å². The molecular formula is C31H43FN4O4S. The standard InChI is InChI=1S/C31H43FN4O4S/c1-18-24(41-17-34-18)19-8-9-20(21(12-19)14-29(2,3)4)15-33-26(38)23-13-22(37)16-36(23)27(39)25(30(5,6)7)35-28(40)31(32)10-11-31/h8-9,12,17,22-23,25,37H,10-11,13-16H2,1-7H3,(H,33,38)(H,35,40)/t22-,23+,25-/m1/s1. The zero-order valence-electron chi connectivity index (χ0n) is 25.1. The maximum Gasteiger partial charge on any atom is 0.258 e. The summed E-state index contributed by atoms with van der Waals surface area (Å²) in [5, 5.41) is 16.0. The molecule has 1 saturated heterocycles. The van der Waals surface area contributed by atoms with Crippen molar-refractivity contribution in [1.29, 1.82) is 0 Å². The molecule has 1 aromatic carbocycles. The van der Waals surface area contributed by atoms with E-state index in [-0.39, 0.29) is 43.7 Å². The third-order valence-corrected chi connectivity index (χ3v) is 8.71. The molecule has 2 aliphatic rings. The molecule has 8 nitrogen and oxygen atoms in total. The Morgan fingerprint density at radius 1 is 1.17 bits per heavy atom. The Hall–Kier alpha value is -2.85. The Kier molecular flexibility index (Phi) is 8.67. The molecule has 4 rings (SSSR count). The summed E-state index contributed by atoms with van der Waals surface area (Å²) in [5.74, 6) is -1.67. The van der Waals surface area contributed by atoms with Crippen molar-refractivity contribution in [3.05, 3.63) is 40.5 Å². The molecule has 0 unspecified atom stereocenters. The lowest BCUT2D eigenvalue weighted by atomic mass is 9.85. The average molecular weight is 587 g/mol. The molecule has 1 saturated carbocycles. The van der Waals surface area contributed by atoms with Crippen LogP contribution in [0.5, 0.6) is 0 Å². The number of aromatic nitrogens is 1. The Labute approximate surface area is 246 Å². The van der Waals surface area contributed by atoms with E-state index in [1.165, 1.54) is 4.90 Å². The van der Waals surface area contributed by atoms with Crippen molar-refractivity contribution in [2.45, 2.75) is 105 Å². The normalized spacial score (nSPS) is 21.0. The molecule has 2 heterocycles. The van der Waals surface area contributed by atoms with E-state index in [9.17, 15) is 23.9 Å². The van der Waals surface area contributed by atoms with E-state index < -0.39 is 41.1 Å². The fourth-order valence-corrected chi connectivity index (χ4v) is 6.07. The number of amides is 3. The van der Waals surface area contributed by atoms with Crippen LogP contribution < -0.4 is 10.6 Å². The van der Waals surface area contributed by atoms with E-state index in [2.05, 4.69) is 42.5 Å². The van der Waals surface area contributed by atoms with Gasteiger partial charge in [-0.3, -0.25) is 14.4 Å². The molecule has 2 aromatic rings. The van der Waals surface area contributed by atoms with Gasteiger partial charge in [-0.2, -0.15) is 0 Å². The van der Waals surface area contributed by atoms with Crippen LogP contribution in [0.1, 0.15) is 77.6 Å². The SMILES string of the molecule is Cc1ncsc1-c1ccc(CNC(=O)[C@@H]2C[C@@H](O)CN2C(=O)[C@@H](NC(=O)C2(F)CC2)C(C)(C)C)c(CC(C)(C)C)c1. The molecule has 0 bridgehead atoms. The highest BCUT2D eigenvalue weighted by molar-refractivity contribution is 7.13. The molecule has 3 atom stereocenters. The summed E-state index contributed by atoms with van der Waals surface area (Å²) in [6.07, 6.45) is 0.298. The second kappa shape index (κ2) is 11.4. The van der Waals surface area contributed by atoms with Gasteiger partial charge in [0, 0.05) is 19.5 Å². The molecule has 3 N–H and O–H groups in total. The summed E-state index contributed by atoms with van der Waals surface area (Å²) < 4.78 is 14.4. The molecule has 0 spiro atoms. The van der Waals surface area contributed by atoms with Crippen LogP contribution in [-0.2, 0) is 27.3 Å². The number of rotatable bonds is 8. The van der Waals surface area contributed by atoms with Crippen LogP contribution in [0.25, 0.3) is 10.4 Å². The number of aliphatic hydroxyl groups excluding tert-OH is 1. The highest BCUT2D eigenvalue weighted by Crippen LogP contribution is 2.40. The van der Waals surface area contributed by atoms with Gasteiger partial charge in [0.15, 0.2) is 5.67 Å². The second-order valence-electron chi connectivity index (χ2n) is 13.8. The first-order valence-electron chi connectivity index (χ1n) is 14.3. The van der Waals surface area contributed by atoms with Gasteiger partial charge in [-0.25, -0.2) is 9.37 Å². The summed E-state index contributed by atoms with van der Waals surface area (Å²) in [6, 6.07) is 4.29. The van der Waals surface area contributed by atoms with Crippen LogP contribution in [0.2, 0.25) is 0 Å². The Morgan fingerprint density at radius 3 is 2.41 bits per heavy atom. The topological polar surface area (TPSA) is 112 Å². The molecule has 1 aromatic heterocycles. The number of halogens is 1. The molecule has 41 heavy (non-hydrogen) atoms. The Balaban J connectivity index is 1.51. The number of nitrogens with one attached hydrogen (secondary N) is 2. The van der Waals surface area contributed by atoms with Crippen LogP contribution in [0.3, 0.4) is 0 Å². The number of aryl methyl sites for hydroxylation is 1. The number of hydrogen-bond acceptors (Lipinski definition) is 6. The van der Waals surface area contributed by atoms with Crippen molar-refractivity contribution in [2.24, 2.45) is 10.8 Å². The smallest absolute Gasteiger partial charge is 0.258 e. The number of aliphatic hydroxyl groups is 1. The lowest BCUT2D eigenvalue weighted by Gasteiger charge is -2.35. The maximum atomic E-state index is 14.4. The summed E-state index contributed by atoms with van der Waals surface area (Å²) in [7, 11) is 0. The van der Waals surface area contributed by atoms with Crippen molar-refractivity contribution in [2.75, 3.05) is 6.54 Å². The minimum absolute atomic E-state index is 0.0178. The monoisotopic (exact) mass is 586 g/mol. The maximum absolute atomic E-state index is 14.4. The molecular weight excluding hydrogens is 543 g/mol. The number of nitrogens with zero attached hydrogens (tertiary/aromatic N) is 2. The molecule has 10 heteroatoms. The highest BCUT2D eigenvalue weighted by atomic mass is 32.1. The van der Waals surface area contributed by atoms with Gasteiger partial charge >= 0.3 is 0 Å². The Morgan fingerprint density at radius 2 is 1.85 bits per heavy atom. The predicted octanol–water partition coefficient (Wildman–Crippen LogP) is 4.32. The minimum atomic E-state index is -1.93. The number of β-amino-alcohol motifs (C(OH)–C–C–N with tert-alkyl or cyclic N) is 1. The van der Waals surface area contributed by atoms with E-state index in [1.54, 1.807) is 32.1 Å². The summed E-state index contributed by atoms with van der Waals surface area (Å²) in [6.45, 7) is 14.1. The fourth-order valence-electron chi connectivity index (χ4n) is 5.27. The van der Waals surface area contributed by atoms with E-state index in [1.807, 2.05) is 24.6 Å². The van der Waals surface area contributed by atoms with Crippen molar-refractivity contribution >= 4 is 29.1 Å². The van der Waals surface area contributed by atoms with Crippen molar-refractivity contribution < 1.29 is 23.9 Å². The summed E-state index contributed by atoms with van der Waals surface area (Å²) >= 11 is 1.60. The Bertz CT molecular complexity index is 1310. The first-order valence-corrected chi connectivity index (χ1v) is 15.1. The highest BCUT2D eigenvalue weighted by Gasteiger charge is 2.53. The number of benzene rings is 1. The van der Waals surface area contributed by atoms with E-state index in [4.69, 9.17) is 0 Å². The zero-order chi connectivity index (χ0) is 30.3. The van der Waals surface area contributed by atoms with Crippen LogP contribution in [0.4, 0.5) is 4.39 Å². The van der Waals surface area contributed by atoms with Gasteiger partial charge in [-0.1, -0.05) is 53.7 Å². The molecule has 224 valence electrons. The van der Waals surface area contributed by atoms with Gasteiger partial charge in [0.25, 0.3) is 5.91 Å². The second-order valence-corrected chi connectivity index (χ2v) is 14.7. The van der Waals surface area contributed by atoms with Crippen molar-refractivity contribution in [3.8, 4) is 10.4 Å². The number of thiazole rings is 1. The average Bonchev–Trinajstić information content (AvgIpc) is 3.27. The van der Waals surface area contributed by atoms with Crippen molar-refractivity contribution in [3.63, 3.8) is 0 Å². The molecule has 1 aliphatic carbocycles. The number of carbonyl (C=O) groups is 3. The first kappa shape index (κ1) is 31.1. The van der Waals surface area contributed by atoms with Gasteiger partial charge in [0.2, 0.25) is 11.8 Å². The quantitative estimate of drug-likeness (QED) is 0.427. The minimum Gasteiger partial charge on any atom is -0.391 e. The predicted molar refractivity (Wildman–Crippen MR) is 158 cm³/mol. The van der Waals surface area contributed by atoms with Crippen LogP contribution >= 0.6 is 11.3 Å². The van der Waals surface area contributed by atoms with Gasteiger partial charge < -0.3 is 20.6 Å². The molecule has 0 radical (unpaired) electrons. The van der Waals surface area contributed by atoms with E-state index in [0.29, 0.717) is 0 Å². The van der Waals surface area contributed by atoms with Gasteiger partial charge in [0.1, 0.15) is 12.1 Å². The number of likely N-dealkylation sites (tertiary alicyclic amines) is 1. The number of carbonyl (C=O) groups excluding carboxylic acids is 3. The van der Waals surface area contributed by atoms with Gasteiger partial charge in [-0.05, 0) is 59.8 Å². The third-order valence-electron chi connectivity index (χ3n) is 7.74. The largest absolute Gasteiger partial charge is 0.391 e. The number of alkyl halides is 1. The fraction of sp³-hybridized carbons (Fsp3) is 0.613. The summed E-state index contributed by atoms with van der Waals surface area (Å²) in [4.78, 5) is 46.5. The molecule has 1 aliphatic heterocycles. The molecule has 2 fully saturated rings. The van der Waals surface area contributed by atoms with Crippen molar-refractivity contribution in [1.82, 2.24) is 20.5 Å². The molecule has 3 amide bonds. The summed E-state index contributed by atoms with van der Waals surface area (Å²) in [5.41, 5.74) is 3.37. The van der Waals surface area contributed by atoms with Gasteiger partial charge in [-0.15, -0.1) is 11.3 Å². The first-order chi connectivity index (χ1) is 19.0. The van der Waals surface area contributed by atoms with E-state index in [0.717, 1.165) is 33.7 Å². The van der Waals surface area contributed by atoms with Crippen LogP contribution in [0.15, 0.2) is 23.7 Å². The zero-order valence-corrected chi connectivity index (χ0v) is 26.0. The number of hydrogen-bond donors (Lipinski definition) is 3. The third kappa shape index (κ3) is 7.33. The lowest BCUT2D eigenvalue weighted by molar-refractivity contribution is -0.145. The van der Waals surface area contributed by atoms with Crippen LogP contribution in [-0.4, -0.2) is 63.1 Å².